The van der Waals surface area contributed by atoms with Crippen LogP contribution in [-0.4, -0.2) is 12.6 Å². The van der Waals surface area contributed by atoms with Gasteiger partial charge in [0.05, 0.1) is 0 Å². The standard InChI is InChI=1S/C11H21N/c1-2-3-4-9-7-11-6-5-10(9)8-12-11/h9-12H,2-8H2,1H3/t9-,10-,11-/m0/s1. The molecule has 0 aromatic heterocycles. The van der Waals surface area contributed by atoms with Gasteiger partial charge in [0.15, 0.2) is 0 Å². The maximum Gasteiger partial charge on any atom is 0.00700 e. The van der Waals surface area contributed by atoms with Crippen molar-refractivity contribution in [2.24, 2.45) is 11.8 Å². The summed E-state index contributed by atoms with van der Waals surface area (Å²) in [5.41, 5.74) is 0. The Balaban J connectivity index is 1.82. The first-order valence-corrected chi connectivity index (χ1v) is 5.63. The Kier molecular flexibility index (Phi) is 2.69. The quantitative estimate of drug-likeness (QED) is 0.681. The second-order valence-electron chi connectivity index (χ2n) is 4.58. The van der Waals surface area contributed by atoms with Crippen LogP contribution in [0.1, 0.15) is 45.4 Å². The maximum atomic E-state index is 3.62. The van der Waals surface area contributed by atoms with Crippen LogP contribution in [0.4, 0.5) is 0 Å². The lowest BCUT2D eigenvalue weighted by molar-refractivity contribution is 0.123. The molecule has 0 radical (unpaired) electrons. The molecule has 0 spiro atoms. The SMILES string of the molecule is CCCC[C@H]1C[C@@H]2CC[C@H]1CN2. The molecule has 0 amide bonds. The molecule has 0 aromatic carbocycles. The van der Waals surface area contributed by atoms with Crippen molar-refractivity contribution in [3.63, 3.8) is 0 Å². The van der Waals surface area contributed by atoms with E-state index in [0.717, 1.165) is 17.9 Å². The predicted molar refractivity (Wildman–Crippen MR) is 52.1 cm³/mol. The summed E-state index contributed by atoms with van der Waals surface area (Å²) in [4.78, 5) is 0. The number of rotatable bonds is 3. The molecule has 3 fully saturated rings. The van der Waals surface area contributed by atoms with Crippen LogP contribution < -0.4 is 5.32 Å². The Labute approximate surface area is 75.9 Å². The summed E-state index contributed by atoms with van der Waals surface area (Å²) in [5, 5.41) is 3.62. The third-order valence-electron chi connectivity index (χ3n) is 3.74. The van der Waals surface area contributed by atoms with Gasteiger partial charge in [-0.05, 0) is 37.6 Å². The maximum absolute atomic E-state index is 3.62. The first kappa shape index (κ1) is 8.55. The van der Waals surface area contributed by atoms with E-state index < -0.39 is 0 Å². The van der Waals surface area contributed by atoms with E-state index in [-0.39, 0.29) is 0 Å². The monoisotopic (exact) mass is 167 g/mol. The Morgan fingerprint density at radius 3 is 2.75 bits per heavy atom. The van der Waals surface area contributed by atoms with E-state index in [1.165, 1.54) is 45.1 Å². The van der Waals surface area contributed by atoms with Gasteiger partial charge in [-0.1, -0.05) is 26.2 Å². The minimum Gasteiger partial charge on any atom is -0.314 e. The topological polar surface area (TPSA) is 12.0 Å². The molecule has 12 heavy (non-hydrogen) atoms. The van der Waals surface area contributed by atoms with E-state index in [0.29, 0.717) is 0 Å². The summed E-state index contributed by atoms with van der Waals surface area (Å²) < 4.78 is 0. The molecule has 3 aliphatic rings. The average molecular weight is 167 g/mol. The summed E-state index contributed by atoms with van der Waals surface area (Å²) in [6.45, 7) is 3.62. The second-order valence-corrected chi connectivity index (χ2v) is 4.58. The number of unbranched alkanes of at least 4 members (excludes halogenated alkanes) is 1. The van der Waals surface area contributed by atoms with E-state index in [4.69, 9.17) is 0 Å². The van der Waals surface area contributed by atoms with E-state index in [9.17, 15) is 0 Å². The lowest BCUT2D eigenvalue weighted by atomic mass is 9.71. The van der Waals surface area contributed by atoms with Crippen molar-refractivity contribution >= 4 is 0 Å². The molecule has 0 unspecified atom stereocenters. The van der Waals surface area contributed by atoms with Gasteiger partial charge in [-0.15, -0.1) is 0 Å². The predicted octanol–water partition coefficient (Wildman–Crippen LogP) is 2.56. The fraction of sp³-hybridized carbons (Fsp3) is 1.00. The fourth-order valence-electron chi connectivity index (χ4n) is 2.92. The highest BCUT2D eigenvalue weighted by Crippen LogP contribution is 2.36. The molecule has 2 aliphatic heterocycles. The van der Waals surface area contributed by atoms with Crippen LogP contribution in [0.25, 0.3) is 0 Å². The van der Waals surface area contributed by atoms with Gasteiger partial charge in [0, 0.05) is 6.04 Å². The van der Waals surface area contributed by atoms with Gasteiger partial charge in [-0.2, -0.15) is 0 Å². The van der Waals surface area contributed by atoms with Crippen LogP contribution in [0, 0.1) is 11.8 Å². The number of nitrogens with one attached hydrogen (secondary N) is 1. The zero-order chi connectivity index (χ0) is 8.39. The van der Waals surface area contributed by atoms with Crippen LogP contribution in [0.2, 0.25) is 0 Å². The van der Waals surface area contributed by atoms with E-state index in [2.05, 4.69) is 12.2 Å². The molecule has 1 nitrogen and oxygen atoms in total. The van der Waals surface area contributed by atoms with Gasteiger partial charge in [0.25, 0.3) is 0 Å². The smallest absolute Gasteiger partial charge is 0.00700 e. The van der Waals surface area contributed by atoms with Crippen molar-refractivity contribution in [2.75, 3.05) is 6.54 Å². The number of piperidine rings is 2. The Morgan fingerprint density at radius 2 is 2.25 bits per heavy atom. The van der Waals surface area contributed by atoms with E-state index in [1.807, 2.05) is 0 Å². The highest BCUT2D eigenvalue weighted by atomic mass is 14.9. The van der Waals surface area contributed by atoms with Crippen molar-refractivity contribution in [3.05, 3.63) is 0 Å². The van der Waals surface area contributed by atoms with Gasteiger partial charge in [0.1, 0.15) is 0 Å². The molecule has 1 N–H and O–H groups in total. The molecule has 1 saturated carbocycles. The third kappa shape index (κ3) is 1.66. The molecule has 2 bridgehead atoms. The molecular weight excluding hydrogens is 146 g/mol. The van der Waals surface area contributed by atoms with Crippen molar-refractivity contribution in [1.82, 2.24) is 5.32 Å². The zero-order valence-corrected chi connectivity index (χ0v) is 8.18. The lowest BCUT2D eigenvalue weighted by Crippen LogP contribution is -2.48. The van der Waals surface area contributed by atoms with Gasteiger partial charge in [0.2, 0.25) is 0 Å². The minimum atomic E-state index is 0.886. The van der Waals surface area contributed by atoms with Gasteiger partial charge >= 0.3 is 0 Å². The first-order valence-electron chi connectivity index (χ1n) is 5.63. The second kappa shape index (κ2) is 3.78. The number of hydrogen-bond donors (Lipinski definition) is 1. The van der Waals surface area contributed by atoms with Crippen LogP contribution in [-0.2, 0) is 0 Å². The summed E-state index contributed by atoms with van der Waals surface area (Å²) in [7, 11) is 0. The summed E-state index contributed by atoms with van der Waals surface area (Å²) in [5.74, 6) is 2.10. The van der Waals surface area contributed by atoms with Crippen molar-refractivity contribution in [1.29, 1.82) is 0 Å². The molecule has 1 heteroatoms. The van der Waals surface area contributed by atoms with Crippen molar-refractivity contribution < 1.29 is 0 Å². The van der Waals surface area contributed by atoms with Crippen LogP contribution >= 0.6 is 0 Å². The fourth-order valence-corrected chi connectivity index (χ4v) is 2.92. The van der Waals surface area contributed by atoms with Gasteiger partial charge in [-0.3, -0.25) is 0 Å². The van der Waals surface area contributed by atoms with E-state index >= 15 is 0 Å². The highest BCUT2D eigenvalue weighted by molar-refractivity contribution is 4.90. The van der Waals surface area contributed by atoms with Crippen molar-refractivity contribution in [3.8, 4) is 0 Å². The zero-order valence-electron chi connectivity index (χ0n) is 8.18. The minimum absolute atomic E-state index is 0.886. The average Bonchev–Trinajstić information content (AvgIpc) is 2.17. The largest absolute Gasteiger partial charge is 0.314 e. The van der Waals surface area contributed by atoms with E-state index in [1.54, 1.807) is 0 Å². The molecule has 2 saturated heterocycles. The molecule has 3 rings (SSSR count). The number of fused-ring (bicyclic) bond motifs is 3. The highest BCUT2D eigenvalue weighted by Gasteiger charge is 2.34. The van der Waals surface area contributed by atoms with Crippen LogP contribution in [0.3, 0.4) is 0 Å². The Hall–Kier alpha value is -0.0400. The molecule has 0 aromatic rings. The molecule has 70 valence electrons. The van der Waals surface area contributed by atoms with Gasteiger partial charge < -0.3 is 5.32 Å². The Morgan fingerprint density at radius 1 is 1.33 bits per heavy atom. The van der Waals surface area contributed by atoms with Crippen LogP contribution in [0.5, 0.6) is 0 Å². The summed E-state index contributed by atoms with van der Waals surface area (Å²) >= 11 is 0. The molecular formula is C11H21N. The third-order valence-corrected chi connectivity index (χ3v) is 3.74. The van der Waals surface area contributed by atoms with Gasteiger partial charge in [-0.25, -0.2) is 0 Å². The molecule has 1 aliphatic carbocycles. The van der Waals surface area contributed by atoms with Crippen molar-refractivity contribution in [2.45, 2.75) is 51.5 Å². The normalized spacial score (nSPS) is 40.2. The molecule has 2 heterocycles. The molecule has 3 atom stereocenters. The summed E-state index contributed by atoms with van der Waals surface area (Å²) in [6, 6.07) is 0.886. The van der Waals surface area contributed by atoms with Crippen LogP contribution in [0.15, 0.2) is 0 Å². The first-order chi connectivity index (χ1) is 5.90. The summed E-state index contributed by atoms with van der Waals surface area (Å²) in [6.07, 6.45) is 8.76. The lowest BCUT2D eigenvalue weighted by Gasteiger charge is -2.43. The Bertz CT molecular complexity index is 136. The number of hydrogen-bond acceptors (Lipinski definition) is 1.